The fraction of sp³-hybridized carbons (Fsp3) is 0.769. The van der Waals surface area contributed by atoms with E-state index < -0.39 is 11.2 Å². The lowest BCUT2D eigenvalue weighted by Gasteiger charge is -2.44. The molecule has 1 N–H and O–H groups in total. The Bertz CT molecular complexity index is 425. The maximum Gasteiger partial charge on any atom is 0.443 e. The van der Waals surface area contributed by atoms with Crippen molar-refractivity contribution in [1.29, 1.82) is 0 Å². The third-order valence-corrected chi connectivity index (χ3v) is 5.10. The Balaban J connectivity index is 3.21. The Labute approximate surface area is 122 Å². The third-order valence-electron chi connectivity index (χ3n) is 3.99. The number of nitrogens with zero attached hydrogens (tertiary/aromatic N) is 2. The highest BCUT2D eigenvalue weighted by Crippen LogP contribution is 2.40. The summed E-state index contributed by atoms with van der Waals surface area (Å²) >= 11 is 0.722. The third kappa shape index (κ3) is 3.15. The van der Waals surface area contributed by atoms with Crippen molar-refractivity contribution in [2.75, 3.05) is 21.1 Å². The van der Waals surface area contributed by atoms with Crippen molar-refractivity contribution in [2.24, 2.45) is 0 Å². The first-order valence-corrected chi connectivity index (χ1v) is 7.42. The lowest BCUT2D eigenvalue weighted by molar-refractivity contribution is -0.137. The van der Waals surface area contributed by atoms with Crippen LogP contribution in [0.4, 0.5) is 13.2 Å². The number of nitrogens with one attached hydrogen (secondary N) is 1. The molecule has 1 unspecified atom stereocenters. The number of halogens is 3. The van der Waals surface area contributed by atoms with Gasteiger partial charge in [0.05, 0.1) is 6.04 Å². The molecular formula is C13H22F3N3S. The van der Waals surface area contributed by atoms with Gasteiger partial charge in [-0.25, -0.2) is 4.98 Å². The Kier molecular flexibility index (Phi) is 5.57. The molecule has 0 bridgehead atoms. The van der Waals surface area contributed by atoms with Gasteiger partial charge in [0.15, 0.2) is 5.01 Å². The van der Waals surface area contributed by atoms with E-state index in [0.29, 0.717) is 4.88 Å². The molecule has 0 aliphatic heterocycles. The lowest BCUT2D eigenvalue weighted by atomic mass is 9.82. The van der Waals surface area contributed by atoms with E-state index in [-0.39, 0.29) is 11.6 Å². The predicted molar refractivity (Wildman–Crippen MR) is 75.9 cm³/mol. The second-order valence-electron chi connectivity index (χ2n) is 4.99. The molecule has 0 saturated carbocycles. The maximum absolute atomic E-state index is 12.7. The Morgan fingerprint density at radius 1 is 1.30 bits per heavy atom. The number of rotatable bonds is 6. The second-order valence-corrected chi connectivity index (χ2v) is 6.05. The maximum atomic E-state index is 12.7. The van der Waals surface area contributed by atoms with Gasteiger partial charge < -0.3 is 10.2 Å². The molecule has 0 aromatic carbocycles. The molecule has 0 saturated heterocycles. The molecule has 7 heteroatoms. The molecule has 1 aromatic heterocycles. The zero-order chi connectivity index (χ0) is 15.6. The van der Waals surface area contributed by atoms with Crippen molar-refractivity contribution >= 4 is 11.3 Å². The van der Waals surface area contributed by atoms with E-state index in [1.165, 1.54) is 6.20 Å². The highest BCUT2D eigenvalue weighted by atomic mass is 32.1. The number of hydrogen-bond donors (Lipinski definition) is 1. The molecule has 1 atom stereocenters. The molecule has 116 valence electrons. The quantitative estimate of drug-likeness (QED) is 0.871. The molecule has 0 spiro atoms. The molecule has 0 aliphatic carbocycles. The van der Waals surface area contributed by atoms with Crippen molar-refractivity contribution in [3.05, 3.63) is 16.1 Å². The van der Waals surface area contributed by atoms with Gasteiger partial charge >= 0.3 is 6.18 Å². The monoisotopic (exact) mass is 309 g/mol. The number of aromatic nitrogens is 1. The summed E-state index contributed by atoms with van der Waals surface area (Å²) in [6, 6.07) is -0.180. The molecule has 1 rings (SSSR count). The van der Waals surface area contributed by atoms with Gasteiger partial charge in [-0.3, -0.25) is 0 Å². The molecule has 0 aliphatic rings. The average molecular weight is 309 g/mol. The van der Waals surface area contributed by atoms with Crippen LogP contribution in [-0.4, -0.2) is 36.6 Å². The summed E-state index contributed by atoms with van der Waals surface area (Å²) in [5.41, 5.74) is -0.232. The summed E-state index contributed by atoms with van der Waals surface area (Å²) in [5, 5.41) is 2.38. The van der Waals surface area contributed by atoms with Gasteiger partial charge in [-0.2, -0.15) is 13.2 Å². The van der Waals surface area contributed by atoms with E-state index in [4.69, 9.17) is 0 Å². The molecule has 1 aromatic rings. The highest BCUT2D eigenvalue weighted by Gasteiger charge is 2.41. The van der Waals surface area contributed by atoms with Gasteiger partial charge in [-0.1, -0.05) is 13.8 Å². The van der Waals surface area contributed by atoms with Crippen LogP contribution in [0.3, 0.4) is 0 Å². The summed E-state index contributed by atoms with van der Waals surface area (Å²) in [6.45, 7) is 4.11. The minimum absolute atomic E-state index is 0.180. The van der Waals surface area contributed by atoms with E-state index in [2.05, 4.69) is 29.0 Å². The molecule has 3 nitrogen and oxygen atoms in total. The van der Waals surface area contributed by atoms with E-state index in [1.54, 1.807) is 7.05 Å². The first-order valence-electron chi connectivity index (χ1n) is 6.60. The van der Waals surface area contributed by atoms with Crippen molar-refractivity contribution in [2.45, 2.75) is 44.4 Å². The fourth-order valence-corrected chi connectivity index (χ4v) is 3.78. The van der Waals surface area contributed by atoms with Crippen molar-refractivity contribution in [3.8, 4) is 0 Å². The average Bonchev–Trinajstić information content (AvgIpc) is 2.84. The van der Waals surface area contributed by atoms with Crippen LogP contribution >= 0.6 is 11.3 Å². The zero-order valence-corrected chi connectivity index (χ0v) is 13.3. The van der Waals surface area contributed by atoms with Crippen LogP contribution in [0.2, 0.25) is 0 Å². The van der Waals surface area contributed by atoms with Crippen LogP contribution in [0.25, 0.3) is 0 Å². The predicted octanol–water partition coefficient (Wildman–Crippen LogP) is 3.54. The second kappa shape index (κ2) is 6.41. The van der Waals surface area contributed by atoms with Crippen LogP contribution in [0.5, 0.6) is 0 Å². The van der Waals surface area contributed by atoms with E-state index in [9.17, 15) is 13.2 Å². The molecular weight excluding hydrogens is 287 g/mol. The largest absolute Gasteiger partial charge is 0.443 e. The summed E-state index contributed by atoms with van der Waals surface area (Å²) in [4.78, 5) is 6.24. The van der Waals surface area contributed by atoms with E-state index in [1.807, 2.05) is 14.1 Å². The number of thiazole rings is 1. The summed E-state index contributed by atoms with van der Waals surface area (Å²) in [6.07, 6.45) is -1.36. The summed E-state index contributed by atoms with van der Waals surface area (Å²) in [7, 11) is 5.70. The van der Waals surface area contributed by atoms with E-state index >= 15 is 0 Å². The number of alkyl halides is 3. The van der Waals surface area contributed by atoms with Gasteiger partial charge in [0.2, 0.25) is 0 Å². The number of hydrogen-bond acceptors (Lipinski definition) is 4. The molecule has 1 heterocycles. The van der Waals surface area contributed by atoms with Crippen molar-refractivity contribution < 1.29 is 13.2 Å². The first kappa shape index (κ1) is 17.4. The Morgan fingerprint density at radius 2 is 1.85 bits per heavy atom. The molecule has 20 heavy (non-hydrogen) atoms. The first-order chi connectivity index (χ1) is 9.22. The zero-order valence-electron chi connectivity index (χ0n) is 12.5. The minimum Gasteiger partial charge on any atom is -0.311 e. The molecule has 0 radical (unpaired) electrons. The smallest absolute Gasteiger partial charge is 0.311 e. The van der Waals surface area contributed by atoms with E-state index in [0.717, 1.165) is 24.2 Å². The topological polar surface area (TPSA) is 28.2 Å². The molecule has 0 fully saturated rings. The summed E-state index contributed by atoms with van der Waals surface area (Å²) in [5.74, 6) is 0. The van der Waals surface area contributed by atoms with Gasteiger partial charge in [-0.15, -0.1) is 11.3 Å². The van der Waals surface area contributed by atoms with Gasteiger partial charge in [0, 0.05) is 16.6 Å². The Morgan fingerprint density at radius 3 is 2.15 bits per heavy atom. The van der Waals surface area contributed by atoms with Gasteiger partial charge in [0.25, 0.3) is 0 Å². The Hall–Kier alpha value is -0.660. The highest BCUT2D eigenvalue weighted by molar-refractivity contribution is 7.11. The van der Waals surface area contributed by atoms with Crippen LogP contribution in [0, 0.1) is 0 Å². The standard InChI is InChI=1S/C13H22F3N3S/c1-6-12(7-2,19(4)5)10(17-3)9-8-18-11(20-9)13(14,15)16/h8,10,17H,6-7H2,1-5H3. The van der Waals surface area contributed by atoms with Crippen molar-refractivity contribution in [1.82, 2.24) is 15.2 Å². The fourth-order valence-electron chi connectivity index (χ4n) is 2.78. The van der Waals surface area contributed by atoms with Crippen molar-refractivity contribution in [3.63, 3.8) is 0 Å². The van der Waals surface area contributed by atoms with Gasteiger partial charge in [0.1, 0.15) is 0 Å². The van der Waals surface area contributed by atoms with Crippen LogP contribution in [0.15, 0.2) is 6.20 Å². The van der Waals surface area contributed by atoms with Gasteiger partial charge in [-0.05, 0) is 34.0 Å². The normalized spacial score (nSPS) is 14.8. The minimum atomic E-state index is -4.37. The molecule has 0 amide bonds. The lowest BCUT2D eigenvalue weighted by Crippen LogP contribution is -2.52. The van der Waals surface area contributed by atoms with Crippen LogP contribution < -0.4 is 5.32 Å². The summed E-state index contributed by atoms with van der Waals surface area (Å²) < 4.78 is 38.1. The van der Waals surface area contributed by atoms with Crippen LogP contribution in [0.1, 0.15) is 42.6 Å². The number of likely N-dealkylation sites (N-methyl/N-ethyl adjacent to an activating group) is 2. The van der Waals surface area contributed by atoms with Crippen LogP contribution in [-0.2, 0) is 6.18 Å². The SMILES string of the molecule is CCC(CC)(C(NC)c1cnc(C(F)(F)F)s1)N(C)C.